The van der Waals surface area contributed by atoms with Gasteiger partial charge in [-0.15, -0.1) is 0 Å². The second kappa shape index (κ2) is 10.3. The van der Waals surface area contributed by atoms with Gasteiger partial charge in [0.2, 0.25) is 20.0 Å². The second-order valence-electron chi connectivity index (χ2n) is 8.64. The first kappa shape index (κ1) is 24.7. The van der Waals surface area contributed by atoms with Crippen LogP contribution in [0.25, 0.3) is 0 Å². The van der Waals surface area contributed by atoms with Crippen LogP contribution in [0.5, 0.6) is 0 Å². The van der Waals surface area contributed by atoms with Gasteiger partial charge in [0.15, 0.2) is 0 Å². The van der Waals surface area contributed by atoms with E-state index in [1.54, 1.807) is 22.5 Å². The zero-order valence-electron chi connectivity index (χ0n) is 19.0. The maximum atomic E-state index is 13.5. The van der Waals surface area contributed by atoms with Gasteiger partial charge in [-0.2, -0.15) is 8.61 Å². The van der Waals surface area contributed by atoms with E-state index in [2.05, 4.69) is 0 Å². The summed E-state index contributed by atoms with van der Waals surface area (Å²) in [7, 11) is -6.87. The maximum absolute atomic E-state index is 13.5. The molecule has 0 radical (unpaired) electrons. The molecule has 1 heterocycles. The molecule has 0 amide bonds. The summed E-state index contributed by atoms with van der Waals surface area (Å²) in [5.41, 5.74) is 1.90. The number of hydrogen-bond acceptors (Lipinski definition) is 5. The standard InChI is InChI=1S/C23H33N3O4S2/c1-20(2)19-26(13-12-21-8-5-4-6-9-21)32(29,30)23-11-7-10-22(18-23)24-14-16-25(17-15-24)31(3,27)28/h4-11,18,20H,12-17,19H2,1-3H3. The van der Waals surface area contributed by atoms with Gasteiger partial charge >= 0.3 is 0 Å². The first-order chi connectivity index (χ1) is 15.1. The van der Waals surface area contributed by atoms with Crippen LogP contribution in [0, 0.1) is 5.92 Å². The third kappa shape index (κ3) is 6.31. The maximum Gasteiger partial charge on any atom is 0.243 e. The van der Waals surface area contributed by atoms with Crippen molar-refractivity contribution in [1.29, 1.82) is 0 Å². The van der Waals surface area contributed by atoms with Crippen LogP contribution in [0.4, 0.5) is 5.69 Å². The zero-order valence-corrected chi connectivity index (χ0v) is 20.6. The Morgan fingerprint density at radius 1 is 0.906 bits per heavy atom. The van der Waals surface area contributed by atoms with Gasteiger partial charge in [0, 0.05) is 45.0 Å². The summed E-state index contributed by atoms with van der Waals surface area (Å²) in [5.74, 6) is 0.202. The molecule has 2 aromatic rings. The molecule has 0 aliphatic carbocycles. The van der Waals surface area contributed by atoms with Crippen LogP contribution in [-0.2, 0) is 26.5 Å². The summed E-state index contributed by atoms with van der Waals surface area (Å²) in [4.78, 5) is 2.31. The summed E-state index contributed by atoms with van der Waals surface area (Å²) < 4.78 is 53.6. The fourth-order valence-electron chi connectivity index (χ4n) is 3.88. The normalized spacial score (nSPS) is 16.1. The van der Waals surface area contributed by atoms with Crippen LogP contribution in [0.2, 0.25) is 0 Å². The molecule has 0 aromatic heterocycles. The predicted octanol–water partition coefficient (Wildman–Crippen LogP) is 2.66. The predicted molar refractivity (Wildman–Crippen MR) is 129 cm³/mol. The van der Waals surface area contributed by atoms with Crippen molar-refractivity contribution in [2.75, 3.05) is 50.4 Å². The number of sulfonamides is 2. The monoisotopic (exact) mass is 479 g/mol. The van der Waals surface area contributed by atoms with Crippen LogP contribution in [0.1, 0.15) is 19.4 Å². The zero-order chi connectivity index (χ0) is 23.4. The Bertz CT molecular complexity index is 1100. The fraction of sp³-hybridized carbons (Fsp3) is 0.478. The highest BCUT2D eigenvalue weighted by molar-refractivity contribution is 7.89. The molecule has 2 aromatic carbocycles. The van der Waals surface area contributed by atoms with Crippen molar-refractivity contribution in [2.45, 2.75) is 25.2 Å². The third-order valence-corrected chi connectivity index (χ3v) is 8.75. The molecule has 0 N–H and O–H groups in total. The van der Waals surface area contributed by atoms with Gasteiger partial charge in [0.1, 0.15) is 0 Å². The first-order valence-corrected chi connectivity index (χ1v) is 14.2. The molecule has 0 unspecified atom stereocenters. The summed E-state index contributed by atoms with van der Waals surface area (Å²) >= 11 is 0. The average Bonchev–Trinajstić information content (AvgIpc) is 2.76. The molecule has 176 valence electrons. The van der Waals surface area contributed by atoms with Crippen molar-refractivity contribution in [2.24, 2.45) is 5.92 Å². The van der Waals surface area contributed by atoms with Gasteiger partial charge in [-0.3, -0.25) is 0 Å². The molecule has 0 saturated carbocycles. The number of rotatable bonds is 9. The van der Waals surface area contributed by atoms with E-state index in [1.165, 1.54) is 10.6 Å². The van der Waals surface area contributed by atoms with Crippen molar-refractivity contribution in [3.05, 3.63) is 60.2 Å². The lowest BCUT2D eigenvalue weighted by Gasteiger charge is -2.35. The summed E-state index contributed by atoms with van der Waals surface area (Å²) in [6, 6.07) is 16.9. The van der Waals surface area contributed by atoms with Crippen molar-refractivity contribution in [3.63, 3.8) is 0 Å². The molecular weight excluding hydrogens is 446 g/mol. The van der Waals surface area contributed by atoms with E-state index in [-0.39, 0.29) is 10.8 Å². The summed E-state index contributed by atoms with van der Waals surface area (Å²) in [6.07, 6.45) is 1.87. The van der Waals surface area contributed by atoms with Gasteiger partial charge in [-0.25, -0.2) is 16.8 Å². The van der Waals surface area contributed by atoms with Gasteiger partial charge in [-0.1, -0.05) is 50.2 Å². The molecule has 9 heteroatoms. The molecule has 3 rings (SSSR count). The molecule has 1 aliphatic rings. The van der Waals surface area contributed by atoms with E-state index in [1.807, 2.05) is 55.1 Å². The Labute approximate surface area is 192 Å². The van der Waals surface area contributed by atoms with Crippen LogP contribution >= 0.6 is 0 Å². The molecule has 0 spiro atoms. The third-order valence-electron chi connectivity index (χ3n) is 5.59. The van der Waals surface area contributed by atoms with Gasteiger partial charge in [-0.05, 0) is 36.1 Å². The SMILES string of the molecule is CC(C)CN(CCc1ccccc1)S(=O)(=O)c1cccc(N2CCN(S(C)(=O)=O)CC2)c1. The highest BCUT2D eigenvalue weighted by Crippen LogP contribution is 2.24. The van der Waals surface area contributed by atoms with Crippen molar-refractivity contribution < 1.29 is 16.8 Å². The van der Waals surface area contributed by atoms with Crippen LogP contribution in [-0.4, -0.2) is 71.0 Å². The smallest absolute Gasteiger partial charge is 0.243 e. The van der Waals surface area contributed by atoms with Crippen LogP contribution in [0.15, 0.2) is 59.5 Å². The molecule has 0 atom stereocenters. The van der Waals surface area contributed by atoms with Gasteiger partial charge in [0.05, 0.1) is 11.2 Å². The molecule has 1 aliphatic heterocycles. The van der Waals surface area contributed by atoms with Crippen molar-refractivity contribution in [3.8, 4) is 0 Å². The first-order valence-electron chi connectivity index (χ1n) is 10.9. The van der Waals surface area contributed by atoms with Crippen molar-refractivity contribution >= 4 is 25.7 Å². The number of piperazine rings is 1. The number of hydrogen-bond donors (Lipinski definition) is 0. The Balaban J connectivity index is 1.78. The van der Waals surface area contributed by atoms with E-state index < -0.39 is 20.0 Å². The minimum absolute atomic E-state index is 0.202. The van der Waals surface area contributed by atoms with E-state index in [0.717, 1.165) is 11.3 Å². The molecule has 1 fully saturated rings. The minimum atomic E-state index is -3.66. The number of nitrogens with zero attached hydrogens (tertiary/aromatic N) is 3. The molecular formula is C23H33N3O4S2. The van der Waals surface area contributed by atoms with Crippen LogP contribution < -0.4 is 4.90 Å². The number of benzene rings is 2. The lowest BCUT2D eigenvalue weighted by molar-refractivity contribution is 0.370. The van der Waals surface area contributed by atoms with Crippen LogP contribution in [0.3, 0.4) is 0 Å². The molecule has 7 nitrogen and oxygen atoms in total. The largest absolute Gasteiger partial charge is 0.369 e. The van der Waals surface area contributed by atoms with E-state index in [4.69, 9.17) is 0 Å². The topological polar surface area (TPSA) is 78.0 Å². The lowest BCUT2D eigenvalue weighted by Crippen LogP contribution is -2.48. The summed E-state index contributed by atoms with van der Waals surface area (Å²) in [5, 5.41) is 0. The molecule has 0 bridgehead atoms. The molecule has 32 heavy (non-hydrogen) atoms. The lowest BCUT2D eigenvalue weighted by atomic mass is 10.1. The Kier molecular flexibility index (Phi) is 7.97. The highest BCUT2D eigenvalue weighted by atomic mass is 32.2. The average molecular weight is 480 g/mol. The van der Waals surface area contributed by atoms with E-state index >= 15 is 0 Å². The van der Waals surface area contributed by atoms with Gasteiger partial charge < -0.3 is 4.90 Å². The second-order valence-corrected chi connectivity index (χ2v) is 12.6. The minimum Gasteiger partial charge on any atom is -0.369 e. The summed E-state index contributed by atoms with van der Waals surface area (Å²) in [6.45, 7) is 6.75. The van der Waals surface area contributed by atoms with Gasteiger partial charge in [0.25, 0.3) is 0 Å². The Morgan fingerprint density at radius 3 is 2.16 bits per heavy atom. The van der Waals surface area contributed by atoms with Crippen molar-refractivity contribution in [1.82, 2.24) is 8.61 Å². The fourth-order valence-corrected chi connectivity index (χ4v) is 6.35. The quantitative estimate of drug-likeness (QED) is 0.553. The Hall–Kier alpha value is -1.94. The molecule has 1 saturated heterocycles. The Morgan fingerprint density at radius 2 is 1.56 bits per heavy atom. The highest BCUT2D eigenvalue weighted by Gasteiger charge is 2.27. The number of anilines is 1. The van der Waals surface area contributed by atoms with E-state index in [0.29, 0.717) is 45.7 Å². The van der Waals surface area contributed by atoms with E-state index in [9.17, 15) is 16.8 Å².